The normalized spacial score (nSPS) is 31.0. The smallest absolute Gasteiger partial charge is 0.144 e. The Labute approximate surface area is 101 Å². The lowest BCUT2D eigenvalue weighted by Gasteiger charge is -2.04. The van der Waals surface area contributed by atoms with E-state index in [4.69, 9.17) is 0 Å². The van der Waals surface area contributed by atoms with Gasteiger partial charge < -0.3 is 0 Å². The van der Waals surface area contributed by atoms with Gasteiger partial charge in [-0.1, -0.05) is 12.8 Å². The maximum absolute atomic E-state index is 12.2. The predicted octanol–water partition coefficient (Wildman–Crippen LogP) is 1.85. The summed E-state index contributed by atoms with van der Waals surface area (Å²) in [5.41, 5.74) is 0. The van der Waals surface area contributed by atoms with Crippen LogP contribution < -0.4 is 0 Å². The van der Waals surface area contributed by atoms with Crippen LogP contribution in [0.4, 0.5) is 0 Å². The number of ketones is 1. The van der Waals surface area contributed by atoms with Crippen LogP contribution in [0.1, 0.15) is 38.4 Å². The molecule has 2 aliphatic rings. The zero-order valence-corrected chi connectivity index (χ0v) is 10.3. The third-order valence-electron chi connectivity index (χ3n) is 4.36. The van der Waals surface area contributed by atoms with Gasteiger partial charge in [0.1, 0.15) is 17.9 Å². The minimum Gasteiger partial charge on any atom is -0.299 e. The van der Waals surface area contributed by atoms with Crippen LogP contribution in [0.5, 0.6) is 0 Å². The third-order valence-corrected chi connectivity index (χ3v) is 4.36. The van der Waals surface area contributed by atoms with Crippen molar-refractivity contribution in [2.24, 2.45) is 17.8 Å². The SMILES string of the molecule is CCn1ncnc1CC(=O)C1C2CCCCC21. The summed E-state index contributed by atoms with van der Waals surface area (Å²) in [5.74, 6) is 2.98. The van der Waals surface area contributed by atoms with Crippen molar-refractivity contribution in [3.05, 3.63) is 12.2 Å². The van der Waals surface area contributed by atoms with Gasteiger partial charge in [-0.2, -0.15) is 5.10 Å². The van der Waals surface area contributed by atoms with Crippen LogP contribution >= 0.6 is 0 Å². The van der Waals surface area contributed by atoms with Gasteiger partial charge in [0.25, 0.3) is 0 Å². The van der Waals surface area contributed by atoms with E-state index in [1.165, 1.54) is 25.7 Å². The Hall–Kier alpha value is -1.19. The Kier molecular flexibility index (Phi) is 2.73. The zero-order chi connectivity index (χ0) is 11.8. The van der Waals surface area contributed by atoms with Crippen molar-refractivity contribution < 1.29 is 4.79 Å². The number of carbonyl (C=O) groups excluding carboxylic acids is 1. The van der Waals surface area contributed by atoms with Gasteiger partial charge in [0.05, 0.1) is 6.42 Å². The highest BCUT2D eigenvalue weighted by Crippen LogP contribution is 2.55. The monoisotopic (exact) mass is 233 g/mol. The summed E-state index contributed by atoms with van der Waals surface area (Å²) in [4.78, 5) is 16.4. The van der Waals surface area contributed by atoms with Crippen LogP contribution in [-0.4, -0.2) is 20.5 Å². The van der Waals surface area contributed by atoms with E-state index in [1.54, 1.807) is 6.33 Å². The Morgan fingerprint density at radius 3 is 2.76 bits per heavy atom. The second-order valence-electron chi connectivity index (χ2n) is 5.27. The Morgan fingerprint density at radius 1 is 1.41 bits per heavy atom. The number of hydrogen-bond acceptors (Lipinski definition) is 3. The molecule has 3 rings (SSSR count). The van der Waals surface area contributed by atoms with Crippen molar-refractivity contribution in [1.29, 1.82) is 0 Å². The van der Waals surface area contributed by atoms with E-state index in [2.05, 4.69) is 10.1 Å². The van der Waals surface area contributed by atoms with Crippen molar-refractivity contribution in [3.8, 4) is 0 Å². The molecule has 1 aromatic heterocycles. The Bertz CT molecular complexity index is 414. The fraction of sp³-hybridized carbons (Fsp3) is 0.769. The highest BCUT2D eigenvalue weighted by molar-refractivity contribution is 5.85. The molecule has 0 aliphatic heterocycles. The molecule has 92 valence electrons. The number of aryl methyl sites for hydroxylation is 1. The average molecular weight is 233 g/mol. The molecular formula is C13H19N3O. The maximum atomic E-state index is 12.2. The molecule has 0 N–H and O–H groups in total. The first-order valence-corrected chi connectivity index (χ1v) is 6.70. The third kappa shape index (κ3) is 1.90. The second kappa shape index (κ2) is 4.24. The number of hydrogen-bond donors (Lipinski definition) is 0. The average Bonchev–Trinajstić information content (AvgIpc) is 2.92. The number of aromatic nitrogens is 3. The molecule has 2 aliphatic carbocycles. The van der Waals surface area contributed by atoms with Crippen molar-refractivity contribution in [3.63, 3.8) is 0 Å². The van der Waals surface area contributed by atoms with Crippen LogP contribution in [-0.2, 0) is 17.8 Å². The molecule has 17 heavy (non-hydrogen) atoms. The molecule has 0 amide bonds. The number of fused-ring (bicyclic) bond motifs is 1. The van der Waals surface area contributed by atoms with E-state index in [1.807, 2.05) is 11.6 Å². The standard InChI is InChI=1S/C13H19N3O/c1-2-16-12(14-8-15-16)7-11(17)13-9-5-3-4-6-10(9)13/h8-10,13H,2-7H2,1H3. The molecule has 1 heterocycles. The van der Waals surface area contributed by atoms with E-state index in [9.17, 15) is 4.79 Å². The molecule has 0 saturated heterocycles. The topological polar surface area (TPSA) is 47.8 Å². The van der Waals surface area contributed by atoms with Crippen molar-refractivity contribution in [1.82, 2.24) is 14.8 Å². The van der Waals surface area contributed by atoms with Crippen LogP contribution in [0.25, 0.3) is 0 Å². The first-order valence-electron chi connectivity index (χ1n) is 6.70. The molecule has 0 spiro atoms. The molecular weight excluding hydrogens is 214 g/mol. The van der Waals surface area contributed by atoms with Gasteiger partial charge >= 0.3 is 0 Å². The molecule has 2 unspecified atom stereocenters. The Morgan fingerprint density at radius 2 is 2.12 bits per heavy atom. The maximum Gasteiger partial charge on any atom is 0.144 e. The lowest BCUT2D eigenvalue weighted by atomic mass is 10.0. The summed E-state index contributed by atoms with van der Waals surface area (Å²) in [6, 6.07) is 0. The van der Waals surface area contributed by atoms with Crippen LogP contribution in [0.2, 0.25) is 0 Å². The molecule has 4 heteroatoms. The highest BCUT2D eigenvalue weighted by atomic mass is 16.1. The van der Waals surface area contributed by atoms with Crippen molar-refractivity contribution in [2.75, 3.05) is 0 Å². The van der Waals surface area contributed by atoms with Gasteiger partial charge in [-0.05, 0) is 31.6 Å². The summed E-state index contributed by atoms with van der Waals surface area (Å²) in [6.07, 6.45) is 7.19. The molecule has 2 saturated carbocycles. The van der Waals surface area contributed by atoms with E-state index in [0.29, 0.717) is 30.0 Å². The first-order chi connectivity index (χ1) is 8.31. The fourth-order valence-corrected chi connectivity index (χ4v) is 3.43. The minimum atomic E-state index is 0.347. The molecule has 4 nitrogen and oxygen atoms in total. The van der Waals surface area contributed by atoms with E-state index >= 15 is 0 Å². The van der Waals surface area contributed by atoms with Crippen molar-refractivity contribution >= 4 is 5.78 Å². The van der Waals surface area contributed by atoms with Gasteiger partial charge in [0.15, 0.2) is 0 Å². The highest BCUT2D eigenvalue weighted by Gasteiger charge is 2.54. The van der Waals surface area contributed by atoms with Gasteiger partial charge in [0.2, 0.25) is 0 Å². The van der Waals surface area contributed by atoms with E-state index in [-0.39, 0.29) is 0 Å². The molecule has 0 radical (unpaired) electrons. The molecule has 0 aromatic carbocycles. The van der Waals surface area contributed by atoms with Crippen molar-refractivity contribution in [2.45, 2.75) is 45.6 Å². The van der Waals surface area contributed by atoms with Crippen LogP contribution in [0.3, 0.4) is 0 Å². The Balaban J connectivity index is 1.64. The number of nitrogens with zero attached hydrogens (tertiary/aromatic N) is 3. The lowest BCUT2D eigenvalue weighted by molar-refractivity contribution is -0.120. The van der Waals surface area contributed by atoms with E-state index in [0.717, 1.165) is 12.4 Å². The van der Waals surface area contributed by atoms with Crippen LogP contribution in [0.15, 0.2) is 6.33 Å². The predicted molar refractivity (Wildman–Crippen MR) is 63.3 cm³/mol. The molecule has 2 fully saturated rings. The van der Waals surface area contributed by atoms with Gasteiger partial charge in [-0.25, -0.2) is 9.67 Å². The largest absolute Gasteiger partial charge is 0.299 e. The van der Waals surface area contributed by atoms with Gasteiger partial charge in [-0.3, -0.25) is 4.79 Å². The first kappa shape index (κ1) is 10.9. The number of Topliss-reactive ketones (excluding diaryl/α,β-unsaturated/α-hetero) is 1. The summed E-state index contributed by atoms with van der Waals surface area (Å²) in [5, 5.41) is 4.11. The fourth-order valence-electron chi connectivity index (χ4n) is 3.43. The summed E-state index contributed by atoms with van der Waals surface area (Å²) >= 11 is 0. The minimum absolute atomic E-state index is 0.347. The number of carbonyl (C=O) groups is 1. The second-order valence-corrected chi connectivity index (χ2v) is 5.27. The van der Waals surface area contributed by atoms with Gasteiger partial charge in [0, 0.05) is 12.5 Å². The number of rotatable bonds is 4. The summed E-state index contributed by atoms with van der Waals surface area (Å²) in [6.45, 7) is 2.82. The molecule has 1 aromatic rings. The molecule has 0 bridgehead atoms. The zero-order valence-electron chi connectivity index (χ0n) is 10.3. The quantitative estimate of drug-likeness (QED) is 0.797. The van der Waals surface area contributed by atoms with Gasteiger partial charge in [-0.15, -0.1) is 0 Å². The van der Waals surface area contributed by atoms with Crippen LogP contribution in [0, 0.1) is 17.8 Å². The van der Waals surface area contributed by atoms with E-state index < -0.39 is 0 Å². The summed E-state index contributed by atoms with van der Waals surface area (Å²) < 4.78 is 1.82. The summed E-state index contributed by atoms with van der Waals surface area (Å²) in [7, 11) is 0. The lowest BCUT2D eigenvalue weighted by Crippen LogP contribution is -2.13. The molecule has 2 atom stereocenters.